The number of carbonyl (C=O) groups is 2. The monoisotopic (exact) mass is 524 g/mol. The molecular formula is C33H64O4. The molecule has 0 aliphatic rings. The first-order valence-corrected chi connectivity index (χ1v) is 16.5. The fourth-order valence-electron chi connectivity index (χ4n) is 5.13. The van der Waals surface area contributed by atoms with E-state index in [1.165, 1.54) is 116 Å². The van der Waals surface area contributed by atoms with Crippen LogP contribution in [0.1, 0.15) is 194 Å². The largest absolute Gasteiger partial charge is 0.481 e. The summed E-state index contributed by atoms with van der Waals surface area (Å²) < 4.78 is 5.88. The van der Waals surface area contributed by atoms with Crippen molar-refractivity contribution in [3.8, 4) is 0 Å². The zero-order chi connectivity index (χ0) is 27.2. The van der Waals surface area contributed by atoms with Gasteiger partial charge in [-0.3, -0.25) is 9.59 Å². The van der Waals surface area contributed by atoms with Crippen LogP contribution >= 0.6 is 0 Å². The quantitative estimate of drug-likeness (QED) is 0.0749. The maximum atomic E-state index is 12.5. The number of ether oxygens (including phenoxy) is 1. The molecule has 0 spiro atoms. The van der Waals surface area contributed by atoms with E-state index in [1.54, 1.807) is 0 Å². The van der Waals surface area contributed by atoms with Crippen molar-refractivity contribution in [3.05, 3.63) is 0 Å². The number of unbranched alkanes of at least 4 members (excludes halogenated alkanes) is 21. The molecule has 0 aliphatic carbocycles. The van der Waals surface area contributed by atoms with Crippen molar-refractivity contribution in [1.29, 1.82) is 0 Å². The van der Waals surface area contributed by atoms with Crippen LogP contribution in [0.3, 0.4) is 0 Å². The van der Waals surface area contributed by atoms with Crippen molar-refractivity contribution in [2.45, 2.75) is 200 Å². The molecule has 0 amide bonds. The minimum atomic E-state index is -0.723. The van der Waals surface area contributed by atoms with Gasteiger partial charge in [-0.05, 0) is 38.5 Å². The number of hydrogen-bond donors (Lipinski definition) is 1. The van der Waals surface area contributed by atoms with Crippen molar-refractivity contribution in [1.82, 2.24) is 0 Å². The number of carboxylic acid groups (broad SMARTS) is 1. The third kappa shape index (κ3) is 29.4. The second-order valence-electron chi connectivity index (χ2n) is 11.4. The molecule has 0 aromatic heterocycles. The second kappa shape index (κ2) is 29.5. The summed E-state index contributed by atoms with van der Waals surface area (Å²) in [7, 11) is 0. The summed E-state index contributed by atoms with van der Waals surface area (Å²) in [5.41, 5.74) is 0. The molecule has 37 heavy (non-hydrogen) atoms. The average Bonchev–Trinajstić information content (AvgIpc) is 2.87. The molecule has 0 aromatic carbocycles. The number of aliphatic carboxylic acids is 1. The highest BCUT2D eigenvalue weighted by Gasteiger charge is 2.14. The van der Waals surface area contributed by atoms with Crippen LogP contribution in [-0.2, 0) is 14.3 Å². The maximum Gasteiger partial charge on any atom is 0.306 e. The number of carbonyl (C=O) groups excluding carboxylic acids is 1. The van der Waals surface area contributed by atoms with Gasteiger partial charge in [-0.25, -0.2) is 0 Å². The summed E-state index contributed by atoms with van der Waals surface area (Å²) in [6.07, 6.45) is 32.5. The molecular weight excluding hydrogens is 460 g/mol. The van der Waals surface area contributed by atoms with E-state index in [1.807, 2.05) is 0 Å². The van der Waals surface area contributed by atoms with E-state index in [0.717, 1.165) is 44.9 Å². The van der Waals surface area contributed by atoms with Crippen LogP contribution in [0, 0.1) is 0 Å². The van der Waals surface area contributed by atoms with Crippen molar-refractivity contribution < 1.29 is 19.4 Å². The molecule has 4 nitrogen and oxygen atoms in total. The van der Waals surface area contributed by atoms with Gasteiger partial charge in [0, 0.05) is 12.8 Å². The number of hydrogen-bond acceptors (Lipinski definition) is 3. The van der Waals surface area contributed by atoms with Gasteiger partial charge in [0.15, 0.2) is 0 Å². The Kier molecular flexibility index (Phi) is 28.7. The molecule has 0 fully saturated rings. The van der Waals surface area contributed by atoms with Crippen LogP contribution in [0.2, 0.25) is 0 Å². The van der Waals surface area contributed by atoms with Crippen LogP contribution in [0.5, 0.6) is 0 Å². The van der Waals surface area contributed by atoms with Crippen LogP contribution < -0.4 is 0 Å². The summed E-state index contributed by atoms with van der Waals surface area (Å²) in [6, 6.07) is 0. The van der Waals surface area contributed by atoms with Gasteiger partial charge in [0.1, 0.15) is 6.10 Å². The highest BCUT2D eigenvalue weighted by atomic mass is 16.5. The first kappa shape index (κ1) is 35.9. The van der Waals surface area contributed by atoms with E-state index < -0.39 is 5.97 Å². The van der Waals surface area contributed by atoms with Gasteiger partial charge in [0.05, 0.1) is 0 Å². The average molecular weight is 525 g/mol. The van der Waals surface area contributed by atoms with Crippen molar-refractivity contribution in [2.24, 2.45) is 0 Å². The summed E-state index contributed by atoms with van der Waals surface area (Å²) in [4.78, 5) is 23.2. The molecule has 0 bridgehead atoms. The van der Waals surface area contributed by atoms with E-state index in [2.05, 4.69) is 13.8 Å². The maximum absolute atomic E-state index is 12.5. The summed E-state index contributed by atoms with van der Waals surface area (Å²) in [5.74, 6) is -0.753. The van der Waals surface area contributed by atoms with E-state index in [9.17, 15) is 9.59 Å². The summed E-state index contributed by atoms with van der Waals surface area (Å²) in [6.45, 7) is 4.52. The number of rotatable bonds is 30. The summed E-state index contributed by atoms with van der Waals surface area (Å²) in [5, 5.41) is 8.82. The highest BCUT2D eigenvalue weighted by molar-refractivity contribution is 5.69. The molecule has 0 rings (SSSR count). The van der Waals surface area contributed by atoms with Gasteiger partial charge in [0.25, 0.3) is 0 Å². The molecule has 1 atom stereocenters. The highest BCUT2D eigenvalue weighted by Crippen LogP contribution is 2.18. The molecule has 4 heteroatoms. The zero-order valence-electron chi connectivity index (χ0n) is 25.0. The standard InChI is InChI=1S/C33H64O4/c1-3-5-7-9-11-12-13-14-15-16-17-19-21-26-30-33(36)37-31(28-24-22-25-29-32(34)35)27-23-20-18-10-8-6-4-2/h31H,3-30H2,1-2H3,(H,34,35). The third-order valence-electron chi connectivity index (χ3n) is 7.58. The normalized spacial score (nSPS) is 12.1. The lowest BCUT2D eigenvalue weighted by atomic mass is 10.0. The van der Waals surface area contributed by atoms with Crippen LogP contribution in [0.4, 0.5) is 0 Å². The Morgan fingerprint density at radius 2 is 0.811 bits per heavy atom. The number of esters is 1. The topological polar surface area (TPSA) is 63.6 Å². The van der Waals surface area contributed by atoms with Gasteiger partial charge in [-0.2, -0.15) is 0 Å². The van der Waals surface area contributed by atoms with Crippen molar-refractivity contribution >= 4 is 11.9 Å². The molecule has 0 aromatic rings. The smallest absolute Gasteiger partial charge is 0.306 e. The predicted molar refractivity (Wildman–Crippen MR) is 158 cm³/mol. The fraction of sp³-hybridized carbons (Fsp3) is 0.939. The van der Waals surface area contributed by atoms with Gasteiger partial charge in [0.2, 0.25) is 0 Å². The second-order valence-corrected chi connectivity index (χ2v) is 11.4. The number of carboxylic acids is 1. The Labute approximate surface area is 231 Å². The van der Waals surface area contributed by atoms with E-state index in [4.69, 9.17) is 9.84 Å². The Hall–Kier alpha value is -1.06. The Morgan fingerprint density at radius 3 is 1.22 bits per heavy atom. The lowest BCUT2D eigenvalue weighted by molar-refractivity contribution is -0.150. The van der Waals surface area contributed by atoms with Crippen LogP contribution in [-0.4, -0.2) is 23.1 Å². The Balaban J connectivity index is 3.86. The van der Waals surface area contributed by atoms with Gasteiger partial charge in [-0.1, -0.05) is 142 Å². The van der Waals surface area contributed by atoms with E-state index >= 15 is 0 Å². The molecule has 0 heterocycles. The molecule has 0 saturated carbocycles. The van der Waals surface area contributed by atoms with Crippen LogP contribution in [0.15, 0.2) is 0 Å². The molecule has 0 radical (unpaired) electrons. The molecule has 1 unspecified atom stereocenters. The minimum Gasteiger partial charge on any atom is -0.481 e. The van der Waals surface area contributed by atoms with E-state index in [-0.39, 0.29) is 18.5 Å². The SMILES string of the molecule is CCCCCCCCCCCCCCCCC(=O)OC(CCCCCCCCC)CCCCCC(=O)O. The third-order valence-corrected chi connectivity index (χ3v) is 7.58. The first-order valence-electron chi connectivity index (χ1n) is 16.5. The van der Waals surface area contributed by atoms with Gasteiger partial charge < -0.3 is 9.84 Å². The first-order chi connectivity index (χ1) is 18.1. The lowest BCUT2D eigenvalue weighted by Gasteiger charge is -2.18. The van der Waals surface area contributed by atoms with Gasteiger partial charge in [-0.15, -0.1) is 0 Å². The lowest BCUT2D eigenvalue weighted by Crippen LogP contribution is -2.18. The fourth-order valence-corrected chi connectivity index (χ4v) is 5.13. The molecule has 0 saturated heterocycles. The Morgan fingerprint density at radius 1 is 0.486 bits per heavy atom. The Bertz CT molecular complexity index is 491. The van der Waals surface area contributed by atoms with Crippen molar-refractivity contribution in [3.63, 3.8) is 0 Å². The predicted octanol–water partition coefficient (Wildman–Crippen LogP) is 10.9. The molecule has 1 N–H and O–H groups in total. The minimum absolute atomic E-state index is 0.0135. The summed E-state index contributed by atoms with van der Waals surface area (Å²) >= 11 is 0. The zero-order valence-corrected chi connectivity index (χ0v) is 25.0. The van der Waals surface area contributed by atoms with Crippen LogP contribution in [0.25, 0.3) is 0 Å². The van der Waals surface area contributed by atoms with E-state index in [0.29, 0.717) is 12.8 Å². The van der Waals surface area contributed by atoms with Crippen molar-refractivity contribution in [2.75, 3.05) is 0 Å². The molecule has 0 aliphatic heterocycles. The van der Waals surface area contributed by atoms with Gasteiger partial charge >= 0.3 is 11.9 Å². The molecule has 220 valence electrons.